The SMILES string of the molecule is COC(=O)C(c1ccc(C)cc1OC)C1CC1. The average molecular weight is 234 g/mol. The summed E-state index contributed by atoms with van der Waals surface area (Å²) in [5.74, 6) is 0.872. The smallest absolute Gasteiger partial charge is 0.313 e. The topological polar surface area (TPSA) is 35.5 Å². The van der Waals surface area contributed by atoms with Crippen LogP contribution in [0.15, 0.2) is 18.2 Å². The molecule has 0 saturated heterocycles. The zero-order valence-electron chi connectivity index (χ0n) is 10.5. The number of esters is 1. The standard InChI is InChI=1S/C14H18O3/c1-9-4-7-11(12(8-9)16-2)13(10-5-6-10)14(15)17-3/h4,7-8,10,13H,5-6H2,1-3H3. The van der Waals surface area contributed by atoms with Crippen molar-refractivity contribution in [3.05, 3.63) is 29.3 Å². The summed E-state index contributed by atoms with van der Waals surface area (Å²) in [6, 6.07) is 5.96. The van der Waals surface area contributed by atoms with Crippen LogP contribution in [0.2, 0.25) is 0 Å². The first-order valence-corrected chi connectivity index (χ1v) is 5.89. The summed E-state index contributed by atoms with van der Waals surface area (Å²) in [4.78, 5) is 11.9. The van der Waals surface area contributed by atoms with Gasteiger partial charge >= 0.3 is 5.97 Å². The Labute approximate surface area is 102 Å². The average Bonchev–Trinajstić information content (AvgIpc) is 3.15. The van der Waals surface area contributed by atoms with Gasteiger partial charge in [0.2, 0.25) is 0 Å². The van der Waals surface area contributed by atoms with E-state index in [0.29, 0.717) is 5.92 Å². The van der Waals surface area contributed by atoms with Crippen LogP contribution in [-0.4, -0.2) is 20.2 Å². The van der Waals surface area contributed by atoms with E-state index in [1.165, 1.54) is 7.11 Å². The van der Waals surface area contributed by atoms with Crippen LogP contribution in [0.5, 0.6) is 5.75 Å². The molecule has 3 heteroatoms. The Morgan fingerprint density at radius 3 is 2.59 bits per heavy atom. The van der Waals surface area contributed by atoms with Crippen LogP contribution in [0.25, 0.3) is 0 Å². The second-order valence-corrected chi connectivity index (χ2v) is 4.58. The number of hydrogen-bond acceptors (Lipinski definition) is 3. The Morgan fingerprint density at radius 2 is 2.06 bits per heavy atom. The highest BCUT2D eigenvalue weighted by Crippen LogP contribution is 2.45. The van der Waals surface area contributed by atoms with Crippen LogP contribution in [0.4, 0.5) is 0 Å². The van der Waals surface area contributed by atoms with Gasteiger partial charge in [0, 0.05) is 5.56 Å². The van der Waals surface area contributed by atoms with E-state index >= 15 is 0 Å². The number of methoxy groups -OCH3 is 2. The molecule has 2 rings (SSSR count). The van der Waals surface area contributed by atoms with Crippen molar-refractivity contribution in [1.29, 1.82) is 0 Å². The molecule has 92 valence electrons. The Morgan fingerprint density at radius 1 is 1.35 bits per heavy atom. The molecule has 17 heavy (non-hydrogen) atoms. The Balaban J connectivity index is 2.38. The van der Waals surface area contributed by atoms with Gasteiger partial charge in [-0.05, 0) is 37.3 Å². The Kier molecular flexibility index (Phi) is 3.36. The zero-order valence-corrected chi connectivity index (χ0v) is 10.5. The fraction of sp³-hybridized carbons (Fsp3) is 0.500. The number of aryl methyl sites for hydroxylation is 1. The number of carbonyl (C=O) groups is 1. The summed E-state index contributed by atoms with van der Waals surface area (Å²) in [5, 5.41) is 0. The van der Waals surface area contributed by atoms with E-state index in [4.69, 9.17) is 9.47 Å². The second-order valence-electron chi connectivity index (χ2n) is 4.58. The normalized spacial score (nSPS) is 16.4. The van der Waals surface area contributed by atoms with Gasteiger partial charge in [-0.2, -0.15) is 0 Å². The van der Waals surface area contributed by atoms with Crippen molar-refractivity contribution in [2.75, 3.05) is 14.2 Å². The summed E-state index contributed by atoms with van der Waals surface area (Å²) in [5.41, 5.74) is 2.08. The van der Waals surface area contributed by atoms with Gasteiger partial charge in [0.25, 0.3) is 0 Å². The minimum atomic E-state index is -0.171. The maximum Gasteiger partial charge on any atom is 0.313 e. The molecule has 1 aromatic rings. The van der Waals surface area contributed by atoms with E-state index in [2.05, 4.69) is 0 Å². The molecule has 0 N–H and O–H groups in total. The quantitative estimate of drug-likeness (QED) is 0.751. The zero-order chi connectivity index (χ0) is 12.4. The molecule has 1 aliphatic rings. The summed E-state index contributed by atoms with van der Waals surface area (Å²) in [7, 11) is 3.08. The molecule has 1 fully saturated rings. The molecule has 1 aromatic carbocycles. The fourth-order valence-corrected chi connectivity index (χ4v) is 2.21. The third kappa shape index (κ3) is 2.43. The van der Waals surface area contributed by atoms with Gasteiger partial charge in [-0.3, -0.25) is 4.79 Å². The summed E-state index contributed by atoms with van der Waals surface area (Å²) >= 11 is 0. The minimum Gasteiger partial charge on any atom is -0.496 e. The first kappa shape index (κ1) is 12.0. The summed E-state index contributed by atoms with van der Waals surface area (Å²) < 4.78 is 10.3. The molecule has 0 bridgehead atoms. The first-order chi connectivity index (χ1) is 8.17. The summed E-state index contributed by atoms with van der Waals surface area (Å²) in [6.07, 6.45) is 2.19. The number of benzene rings is 1. The highest BCUT2D eigenvalue weighted by Gasteiger charge is 2.39. The molecule has 1 atom stereocenters. The van der Waals surface area contributed by atoms with Crippen molar-refractivity contribution in [2.24, 2.45) is 5.92 Å². The van der Waals surface area contributed by atoms with E-state index in [1.807, 2.05) is 25.1 Å². The monoisotopic (exact) mass is 234 g/mol. The third-order valence-corrected chi connectivity index (χ3v) is 3.27. The van der Waals surface area contributed by atoms with Gasteiger partial charge in [0.1, 0.15) is 5.75 Å². The van der Waals surface area contributed by atoms with E-state index < -0.39 is 0 Å². The molecule has 3 nitrogen and oxygen atoms in total. The van der Waals surface area contributed by atoms with Gasteiger partial charge < -0.3 is 9.47 Å². The molecule has 1 unspecified atom stereocenters. The lowest BCUT2D eigenvalue weighted by atomic mass is 9.92. The van der Waals surface area contributed by atoms with Crippen LogP contribution in [0, 0.1) is 12.8 Å². The van der Waals surface area contributed by atoms with Crippen molar-refractivity contribution >= 4 is 5.97 Å². The predicted octanol–water partition coefficient (Wildman–Crippen LogP) is 2.67. The molecule has 0 heterocycles. The molecular formula is C14H18O3. The van der Waals surface area contributed by atoms with Crippen LogP contribution in [0.1, 0.15) is 29.9 Å². The number of ether oxygens (including phenoxy) is 2. The predicted molar refractivity (Wildman–Crippen MR) is 65.2 cm³/mol. The van der Waals surface area contributed by atoms with Crippen LogP contribution in [-0.2, 0) is 9.53 Å². The maximum atomic E-state index is 11.9. The molecule has 0 spiro atoms. The summed E-state index contributed by atoms with van der Waals surface area (Å²) in [6.45, 7) is 2.01. The van der Waals surface area contributed by atoms with Gasteiger partial charge in [0.15, 0.2) is 0 Å². The van der Waals surface area contributed by atoms with Gasteiger partial charge in [-0.15, -0.1) is 0 Å². The van der Waals surface area contributed by atoms with Crippen LogP contribution >= 0.6 is 0 Å². The van der Waals surface area contributed by atoms with Gasteiger partial charge in [-0.25, -0.2) is 0 Å². The van der Waals surface area contributed by atoms with Crippen molar-refractivity contribution < 1.29 is 14.3 Å². The van der Waals surface area contributed by atoms with E-state index in [9.17, 15) is 4.79 Å². The number of carbonyl (C=O) groups excluding carboxylic acids is 1. The molecule has 1 aliphatic carbocycles. The largest absolute Gasteiger partial charge is 0.496 e. The molecule has 0 amide bonds. The molecule has 0 aromatic heterocycles. The van der Waals surface area contributed by atoms with Crippen molar-refractivity contribution in [3.8, 4) is 5.75 Å². The van der Waals surface area contributed by atoms with Crippen molar-refractivity contribution in [3.63, 3.8) is 0 Å². The lowest BCUT2D eigenvalue weighted by Crippen LogP contribution is -2.17. The molecule has 1 saturated carbocycles. The fourth-order valence-electron chi connectivity index (χ4n) is 2.21. The van der Waals surface area contributed by atoms with E-state index in [0.717, 1.165) is 29.7 Å². The third-order valence-electron chi connectivity index (χ3n) is 3.27. The van der Waals surface area contributed by atoms with Crippen LogP contribution < -0.4 is 4.74 Å². The molecule has 0 aliphatic heterocycles. The first-order valence-electron chi connectivity index (χ1n) is 5.89. The Hall–Kier alpha value is -1.51. The van der Waals surface area contributed by atoms with E-state index in [1.54, 1.807) is 7.11 Å². The van der Waals surface area contributed by atoms with E-state index in [-0.39, 0.29) is 11.9 Å². The highest BCUT2D eigenvalue weighted by molar-refractivity contribution is 5.80. The lowest BCUT2D eigenvalue weighted by molar-refractivity contribution is -0.143. The lowest BCUT2D eigenvalue weighted by Gasteiger charge is -2.17. The Bertz CT molecular complexity index is 421. The number of rotatable bonds is 4. The van der Waals surface area contributed by atoms with Crippen molar-refractivity contribution in [1.82, 2.24) is 0 Å². The highest BCUT2D eigenvalue weighted by atomic mass is 16.5. The van der Waals surface area contributed by atoms with Gasteiger partial charge in [0.05, 0.1) is 20.1 Å². The van der Waals surface area contributed by atoms with Crippen LogP contribution in [0.3, 0.4) is 0 Å². The van der Waals surface area contributed by atoms with Gasteiger partial charge in [-0.1, -0.05) is 12.1 Å². The minimum absolute atomic E-state index is 0.158. The van der Waals surface area contributed by atoms with Crippen molar-refractivity contribution in [2.45, 2.75) is 25.7 Å². The molecule has 0 radical (unpaired) electrons. The second kappa shape index (κ2) is 4.78. The maximum absolute atomic E-state index is 11.9. The molecular weight excluding hydrogens is 216 g/mol. The number of hydrogen-bond donors (Lipinski definition) is 0.